The van der Waals surface area contributed by atoms with E-state index in [-0.39, 0.29) is 5.56 Å². The van der Waals surface area contributed by atoms with Crippen LogP contribution in [0, 0.1) is 6.92 Å². The molecule has 0 radical (unpaired) electrons. The maximum Gasteiger partial charge on any atom is 0.433 e. The summed E-state index contributed by atoms with van der Waals surface area (Å²) in [5, 5.41) is 2.99. The van der Waals surface area contributed by atoms with E-state index in [1.807, 2.05) is 32.9 Å². The van der Waals surface area contributed by atoms with E-state index >= 15 is 0 Å². The number of halogens is 4. The average molecular weight is 507 g/mol. The standard InChI is InChI=1S/C23H20ClF3N4O2.C2H6/c1-14-2-3-17(29-22(32)15-4-5-28-19(10-15)23(25,26)27)13-18(14)16-11-20(24)30-21(12-16)31-6-8-33-9-7-31;1-2/h2-5,10-13H,6-9H2,1H3,(H,29,32);1-2H3. The Morgan fingerprint density at radius 3 is 2.49 bits per heavy atom. The molecule has 3 heterocycles. The Hall–Kier alpha value is -3.17. The Morgan fingerprint density at radius 1 is 1.09 bits per heavy atom. The van der Waals surface area contributed by atoms with Crippen LogP contribution in [0.4, 0.5) is 24.7 Å². The largest absolute Gasteiger partial charge is 0.433 e. The van der Waals surface area contributed by atoms with Crippen molar-refractivity contribution >= 4 is 29.0 Å². The quantitative estimate of drug-likeness (QED) is 0.424. The summed E-state index contributed by atoms with van der Waals surface area (Å²) >= 11 is 6.29. The molecule has 1 aliphatic rings. The van der Waals surface area contributed by atoms with Crippen molar-refractivity contribution < 1.29 is 22.7 Å². The first-order valence-electron chi connectivity index (χ1n) is 11.2. The second-order valence-corrected chi connectivity index (χ2v) is 7.93. The summed E-state index contributed by atoms with van der Waals surface area (Å²) in [6.45, 7) is 8.54. The number of carbonyl (C=O) groups is 1. The zero-order chi connectivity index (χ0) is 25.6. The number of carbonyl (C=O) groups excluding carboxylic acids is 1. The second kappa shape index (κ2) is 11.5. The molecule has 0 atom stereocenters. The molecule has 2 aromatic heterocycles. The Balaban J connectivity index is 0.00000167. The molecule has 3 aromatic rings. The van der Waals surface area contributed by atoms with Gasteiger partial charge in [-0.05, 0) is 60.0 Å². The van der Waals surface area contributed by atoms with Gasteiger partial charge >= 0.3 is 6.18 Å². The van der Waals surface area contributed by atoms with Gasteiger partial charge in [0.25, 0.3) is 5.91 Å². The molecule has 4 rings (SSSR count). The molecule has 0 unspecified atom stereocenters. The molecule has 0 bridgehead atoms. The van der Waals surface area contributed by atoms with Gasteiger partial charge in [-0.15, -0.1) is 0 Å². The molecule has 6 nitrogen and oxygen atoms in total. The van der Waals surface area contributed by atoms with E-state index in [1.165, 1.54) is 6.07 Å². The van der Waals surface area contributed by atoms with Crippen LogP contribution in [0.5, 0.6) is 0 Å². The van der Waals surface area contributed by atoms with Crippen molar-refractivity contribution in [1.29, 1.82) is 0 Å². The molecular formula is C25H26ClF3N4O2. The number of aromatic nitrogens is 2. The molecule has 0 aliphatic carbocycles. The van der Waals surface area contributed by atoms with Crippen LogP contribution in [0.25, 0.3) is 11.1 Å². The van der Waals surface area contributed by atoms with Gasteiger partial charge in [0.2, 0.25) is 0 Å². The fourth-order valence-corrected chi connectivity index (χ4v) is 3.74. The van der Waals surface area contributed by atoms with Crippen molar-refractivity contribution in [2.24, 2.45) is 0 Å². The van der Waals surface area contributed by atoms with Crippen molar-refractivity contribution in [3.63, 3.8) is 0 Å². The van der Waals surface area contributed by atoms with Crippen LogP contribution in [0.3, 0.4) is 0 Å². The van der Waals surface area contributed by atoms with Gasteiger partial charge in [0.1, 0.15) is 16.7 Å². The summed E-state index contributed by atoms with van der Waals surface area (Å²) in [7, 11) is 0. The predicted octanol–water partition coefficient (Wildman–Crippen LogP) is 6.24. The fraction of sp³-hybridized carbons (Fsp3) is 0.320. The predicted molar refractivity (Wildman–Crippen MR) is 131 cm³/mol. The minimum absolute atomic E-state index is 0.138. The molecule has 1 saturated heterocycles. The smallest absolute Gasteiger partial charge is 0.378 e. The Morgan fingerprint density at radius 2 is 1.80 bits per heavy atom. The summed E-state index contributed by atoms with van der Waals surface area (Å²) in [5.74, 6) is 0.0607. The lowest BCUT2D eigenvalue weighted by molar-refractivity contribution is -0.141. The van der Waals surface area contributed by atoms with Gasteiger partial charge in [0, 0.05) is 30.5 Å². The van der Waals surface area contributed by atoms with Crippen LogP contribution in [0.2, 0.25) is 5.15 Å². The van der Waals surface area contributed by atoms with E-state index in [1.54, 1.807) is 18.2 Å². The third-order valence-corrected chi connectivity index (χ3v) is 5.43. The third-order valence-electron chi connectivity index (χ3n) is 5.23. The maximum absolute atomic E-state index is 12.9. The summed E-state index contributed by atoms with van der Waals surface area (Å²) in [5.41, 5.74) is 1.74. The topological polar surface area (TPSA) is 67.4 Å². The third kappa shape index (κ3) is 6.70. The number of alkyl halides is 3. The van der Waals surface area contributed by atoms with Gasteiger partial charge in [-0.25, -0.2) is 4.98 Å². The normalized spacial score (nSPS) is 13.6. The number of nitrogens with zero attached hydrogens (tertiary/aromatic N) is 3. The lowest BCUT2D eigenvalue weighted by Crippen LogP contribution is -2.36. The molecule has 186 valence electrons. The SMILES string of the molecule is CC.Cc1ccc(NC(=O)c2ccnc(C(F)(F)F)c2)cc1-c1cc(Cl)nc(N2CCOCC2)c1. The number of hydrogen-bond acceptors (Lipinski definition) is 5. The first kappa shape index (κ1) is 26.4. The highest BCUT2D eigenvalue weighted by molar-refractivity contribution is 6.29. The monoisotopic (exact) mass is 506 g/mol. The molecule has 1 aromatic carbocycles. The minimum Gasteiger partial charge on any atom is -0.378 e. The van der Waals surface area contributed by atoms with Crippen molar-refractivity contribution in [1.82, 2.24) is 9.97 Å². The number of pyridine rings is 2. The zero-order valence-corrected chi connectivity index (χ0v) is 20.4. The number of ether oxygens (including phenoxy) is 1. The van der Waals surface area contributed by atoms with Gasteiger partial charge < -0.3 is 15.0 Å². The van der Waals surface area contributed by atoms with Crippen LogP contribution < -0.4 is 10.2 Å². The highest BCUT2D eigenvalue weighted by Crippen LogP contribution is 2.32. The first-order chi connectivity index (χ1) is 16.7. The second-order valence-electron chi connectivity index (χ2n) is 7.55. The number of nitrogens with one attached hydrogen (secondary N) is 1. The van der Waals surface area contributed by atoms with Crippen LogP contribution in [0.1, 0.15) is 35.5 Å². The van der Waals surface area contributed by atoms with Crippen LogP contribution in [-0.2, 0) is 10.9 Å². The number of anilines is 2. The summed E-state index contributed by atoms with van der Waals surface area (Å²) in [6, 6.07) is 10.9. The van der Waals surface area contributed by atoms with Crippen molar-refractivity contribution in [2.45, 2.75) is 26.9 Å². The van der Waals surface area contributed by atoms with Crippen molar-refractivity contribution in [2.75, 3.05) is 36.5 Å². The average Bonchev–Trinajstić information content (AvgIpc) is 2.86. The van der Waals surface area contributed by atoms with Gasteiger partial charge in [-0.1, -0.05) is 31.5 Å². The number of morpholine rings is 1. The van der Waals surface area contributed by atoms with E-state index in [9.17, 15) is 18.0 Å². The van der Waals surface area contributed by atoms with E-state index < -0.39 is 17.8 Å². The van der Waals surface area contributed by atoms with E-state index in [0.717, 1.165) is 34.8 Å². The number of benzene rings is 1. The maximum atomic E-state index is 12.9. The number of rotatable bonds is 4. The Bertz CT molecular complexity index is 1180. The van der Waals surface area contributed by atoms with Crippen LogP contribution in [0.15, 0.2) is 48.7 Å². The van der Waals surface area contributed by atoms with Gasteiger partial charge in [-0.3, -0.25) is 9.78 Å². The molecule has 1 fully saturated rings. The highest BCUT2D eigenvalue weighted by atomic mass is 35.5. The molecule has 1 amide bonds. The summed E-state index contributed by atoms with van der Waals surface area (Å²) in [4.78, 5) is 22.4. The zero-order valence-electron chi connectivity index (χ0n) is 19.6. The molecular weight excluding hydrogens is 481 g/mol. The Kier molecular flexibility index (Phi) is 8.69. The molecule has 0 saturated carbocycles. The Labute approximate surface area is 207 Å². The molecule has 1 aliphatic heterocycles. The number of amides is 1. The fourth-order valence-electron chi connectivity index (χ4n) is 3.53. The van der Waals surface area contributed by atoms with Gasteiger partial charge in [0.05, 0.1) is 13.2 Å². The van der Waals surface area contributed by atoms with E-state index in [4.69, 9.17) is 16.3 Å². The van der Waals surface area contributed by atoms with Crippen LogP contribution >= 0.6 is 11.6 Å². The molecule has 35 heavy (non-hydrogen) atoms. The minimum atomic E-state index is -4.63. The van der Waals surface area contributed by atoms with Gasteiger partial charge in [0.15, 0.2) is 0 Å². The molecule has 10 heteroatoms. The van der Waals surface area contributed by atoms with Crippen molar-refractivity contribution in [3.05, 3.63) is 70.6 Å². The highest BCUT2D eigenvalue weighted by Gasteiger charge is 2.33. The van der Waals surface area contributed by atoms with E-state index in [2.05, 4.69) is 20.2 Å². The van der Waals surface area contributed by atoms with E-state index in [0.29, 0.717) is 37.1 Å². The lowest BCUT2D eigenvalue weighted by atomic mass is 10.0. The molecule has 0 spiro atoms. The molecule has 1 N–H and O–H groups in total. The summed E-state index contributed by atoms with van der Waals surface area (Å²) in [6.07, 6.45) is -3.67. The van der Waals surface area contributed by atoms with Crippen molar-refractivity contribution in [3.8, 4) is 11.1 Å². The van der Waals surface area contributed by atoms with Crippen LogP contribution in [-0.4, -0.2) is 42.2 Å². The lowest BCUT2D eigenvalue weighted by Gasteiger charge is -2.28. The number of hydrogen-bond donors (Lipinski definition) is 1. The number of aryl methyl sites for hydroxylation is 1. The summed E-state index contributed by atoms with van der Waals surface area (Å²) < 4.78 is 44.2. The van der Waals surface area contributed by atoms with Gasteiger partial charge in [-0.2, -0.15) is 13.2 Å². The first-order valence-corrected chi connectivity index (χ1v) is 11.5.